The van der Waals surface area contributed by atoms with Crippen molar-refractivity contribution in [3.8, 4) is 0 Å². The lowest BCUT2D eigenvalue weighted by Crippen LogP contribution is -2.28. The van der Waals surface area contributed by atoms with E-state index in [2.05, 4.69) is 5.32 Å². The molecule has 23 heavy (non-hydrogen) atoms. The number of aliphatic hydroxyl groups is 1. The van der Waals surface area contributed by atoms with Crippen LogP contribution >= 0.6 is 11.6 Å². The van der Waals surface area contributed by atoms with Gasteiger partial charge in [0.05, 0.1) is 16.7 Å². The lowest BCUT2D eigenvalue weighted by Gasteiger charge is -2.12. The summed E-state index contributed by atoms with van der Waals surface area (Å²) in [6, 6.07) is 11.2. The van der Waals surface area contributed by atoms with E-state index in [0.29, 0.717) is 22.1 Å². The van der Waals surface area contributed by atoms with Gasteiger partial charge in [0.1, 0.15) is 17.7 Å². The Hall–Kier alpha value is -2.37. The van der Waals surface area contributed by atoms with E-state index >= 15 is 0 Å². The number of para-hydroxylation sites is 1. The second-order valence-corrected chi connectivity index (χ2v) is 5.45. The first-order valence-electron chi connectivity index (χ1n) is 6.93. The van der Waals surface area contributed by atoms with Gasteiger partial charge in [-0.05, 0) is 23.8 Å². The zero-order valence-electron chi connectivity index (χ0n) is 11.9. The third kappa shape index (κ3) is 3.21. The molecule has 6 heteroatoms. The van der Waals surface area contributed by atoms with E-state index in [1.807, 2.05) is 6.07 Å². The van der Waals surface area contributed by atoms with E-state index < -0.39 is 11.9 Å². The maximum Gasteiger partial charge on any atom is 0.255 e. The van der Waals surface area contributed by atoms with Crippen molar-refractivity contribution in [2.45, 2.75) is 6.10 Å². The molecule has 1 amide bonds. The second-order valence-electron chi connectivity index (χ2n) is 5.04. The van der Waals surface area contributed by atoms with Crippen LogP contribution in [0.15, 0.2) is 53.1 Å². The van der Waals surface area contributed by atoms with Gasteiger partial charge in [-0.25, -0.2) is 4.39 Å². The number of aliphatic hydroxyl groups excluding tert-OH is 1. The van der Waals surface area contributed by atoms with E-state index in [1.165, 1.54) is 18.4 Å². The molecule has 0 bridgehead atoms. The highest BCUT2D eigenvalue weighted by Gasteiger charge is 2.16. The second kappa shape index (κ2) is 6.40. The molecule has 1 atom stereocenters. The van der Waals surface area contributed by atoms with Gasteiger partial charge >= 0.3 is 0 Å². The monoisotopic (exact) mass is 333 g/mol. The van der Waals surface area contributed by atoms with Crippen LogP contribution in [-0.4, -0.2) is 17.6 Å². The number of carbonyl (C=O) groups is 1. The summed E-state index contributed by atoms with van der Waals surface area (Å²) >= 11 is 5.60. The molecule has 3 aromatic rings. The van der Waals surface area contributed by atoms with E-state index in [9.17, 15) is 14.3 Å². The minimum absolute atomic E-state index is 0.0187. The SMILES string of the molecule is O=C(NCC(O)c1ccc(Cl)c(F)c1)c1coc2ccccc12. The minimum Gasteiger partial charge on any atom is -0.463 e. The van der Waals surface area contributed by atoms with Crippen molar-refractivity contribution in [3.05, 3.63) is 70.7 Å². The van der Waals surface area contributed by atoms with Gasteiger partial charge in [0.2, 0.25) is 0 Å². The zero-order chi connectivity index (χ0) is 16.4. The third-order valence-electron chi connectivity index (χ3n) is 3.51. The van der Waals surface area contributed by atoms with Crippen molar-refractivity contribution in [1.82, 2.24) is 5.32 Å². The Morgan fingerprint density at radius 3 is 2.87 bits per heavy atom. The molecule has 2 aromatic carbocycles. The maximum absolute atomic E-state index is 13.4. The standard InChI is InChI=1S/C17H13ClFNO3/c18-13-6-5-10(7-14(13)19)15(21)8-20-17(22)12-9-23-16-4-2-1-3-11(12)16/h1-7,9,15,21H,8H2,(H,20,22). The number of hydrogen-bond acceptors (Lipinski definition) is 3. The Kier molecular flexibility index (Phi) is 4.32. The van der Waals surface area contributed by atoms with Crippen molar-refractivity contribution < 1.29 is 18.7 Å². The molecule has 118 valence electrons. The van der Waals surface area contributed by atoms with Gasteiger partial charge in [-0.1, -0.05) is 35.9 Å². The third-order valence-corrected chi connectivity index (χ3v) is 3.82. The van der Waals surface area contributed by atoms with Crippen molar-refractivity contribution in [1.29, 1.82) is 0 Å². The number of nitrogens with one attached hydrogen (secondary N) is 1. The summed E-state index contributed by atoms with van der Waals surface area (Å²) in [5.74, 6) is -0.987. The molecular weight excluding hydrogens is 321 g/mol. The van der Waals surface area contributed by atoms with Crippen molar-refractivity contribution in [2.75, 3.05) is 6.54 Å². The highest BCUT2D eigenvalue weighted by Crippen LogP contribution is 2.22. The lowest BCUT2D eigenvalue weighted by molar-refractivity contribution is 0.0917. The van der Waals surface area contributed by atoms with Crippen LogP contribution in [-0.2, 0) is 0 Å². The van der Waals surface area contributed by atoms with Gasteiger partial charge in [-0.3, -0.25) is 4.79 Å². The molecule has 4 nitrogen and oxygen atoms in total. The fourth-order valence-electron chi connectivity index (χ4n) is 2.28. The average Bonchev–Trinajstić information content (AvgIpc) is 2.99. The van der Waals surface area contributed by atoms with Crippen LogP contribution in [0.3, 0.4) is 0 Å². The van der Waals surface area contributed by atoms with Crippen LogP contribution in [0.1, 0.15) is 22.0 Å². The van der Waals surface area contributed by atoms with E-state index in [0.717, 1.165) is 6.07 Å². The van der Waals surface area contributed by atoms with Gasteiger partial charge in [0.15, 0.2) is 0 Å². The van der Waals surface area contributed by atoms with Gasteiger partial charge in [0.25, 0.3) is 5.91 Å². The Balaban J connectivity index is 1.70. The summed E-state index contributed by atoms with van der Waals surface area (Å²) in [5.41, 5.74) is 1.33. The summed E-state index contributed by atoms with van der Waals surface area (Å²) in [6.07, 6.45) is 0.331. The number of benzene rings is 2. The molecule has 1 heterocycles. The molecule has 1 unspecified atom stereocenters. The van der Waals surface area contributed by atoms with Gasteiger partial charge in [0, 0.05) is 11.9 Å². The molecule has 0 aliphatic rings. The minimum atomic E-state index is -1.04. The summed E-state index contributed by atoms with van der Waals surface area (Å²) in [4.78, 5) is 12.2. The number of furan rings is 1. The molecule has 3 rings (SSSR count). The average molecular weight is 334 g/mol. The Labute approximate surface area is 136 Å². The molecular formula is C17H13ClFNO3. The molecule has 0 saturated heterocycles. The Morgan fingerprint density at radius 2 is 2.09 bits per heavy atom. The van der Waals surface area contributed by atoms with Gasteiger partial charge < -0.3 is 14.8 Å². The number of fused-ring (bicyclic) bond motifs is 1. The predicted molar refractivity (Wildman–Crippen MR) is 84.9 cm³/mol. The van der Waals surface area contributed by atoms with E-state index in [4.69, 9.17) is 16.0 Å². The van der Waals surface area contributed by atoms with Crippen molar-refractivity contribution >= 4 is 28.5 Å². The molecule has 2 N–H and O–H groups in total. The van der Waals surface area contributed by atoms with Gasteiger partial charge in [-0.15, -0.1) is 0 Å². The zero-order valence-corrected chi connectivity index (χ0v) is 12.7. The fourth-order valence-corrected chi connectivity index (χ4v) is 2.39. The van der Waals surface area contributed by atoms with Crippen LogP contribution in [0.4, 0.5) is 4.39 Å². The van der Waals surface area contributed by atoms with Crippen LogP contribution in [0, 0.1) is 5.82 Å². The topological polar surface area (TPSA) is 62.5 Å². The summed E-state index contributed by atoms with van der Waals surface area (Å²) in [7, 11) is 0. The molecule has 0 fully saturated rings. The normalized spacial score (nSPS) is 12.3. The predicted octanol–water partition coefficient (Wildman–Crippen LogP) is 3.69. The quantitative estimate of drug-likeness (QED) is 0.765. The number of halogens is 2. The van der Waals surface area contributed by atoms with Crippen LogP contribution < -0.4 is 5.32 Å². The molecule has 0 aliphatic heterocycles. The molecule has 0 aliphatic carbocycles. The van der Waals surface area contributed by atoms with Gasteiger partial charge in [-0.2, -0.15) is 0 Å². The Bertz CT molecular complexity index is 862. The van der Waals surface area contributed by atoms with E-state index in [-0.39, 0.29) is 17.5 Å². The van der Waals surface area contributed by atoms with Crippen molar-refractivity contribution in [2.24, 2.45) is 0 Å². The first kappa shape index (κ1) is 15.5. The van der Waals surface area contributed by atoms with Crippen LogP contribution in [0.25, 0.3) is 11.0 Å². The molecule has 0 spiro atoms. The number of rotatable bonds is 4. The van der Waals surface area contributed by atoms with E-state index in [1.54, 1.807) is 18.2 Å². The van der Waals surface area contributed by atoms with Crippen molar-refractivity contribution in [3.63, 3.8) is 0 Å². The summed E-state index contributed by atoms with van der Waals surface area (Å²) < 4.78 is 18.7. The molecule has 1 aromatic heterocycles. The van der Waals surface area contributed by atoms with Crippen LogP contribution in [0.2, 0.25) is 5.02 Å². The maximum atomic E-state index is 13.4. The summed E-state index contributed by atoms with van der Waals surface area (Å²) in [6.45, 7) is -0.0561. The smallest absolute Gasteiger partial charge is 0.255 e. The number of amides is 1. The highest BCUT2D eigenvalue weighted by molar-refractivity contribution is 6.30. The molecule has 0 saturated carbocycles. The lowest BCUT2D eigenvalue weighted by atomic mass is 10.1. The Morgan fingerprint density at radius 1 is 1.30 bits per heavy atom. The largest absolute Gasteiger partial charge is 0.463 e. The summed E-state index contributed by atoms with van der Waals surface area (Å²) in [5, 5.41) is 13.3. The number of carbonyl (C=O) groups excluding carboxylic acids is 1. The highest BCUT2D eigenvalue weighted by atomic mass is 35.5. The first-order valence-corrected chi connectivity index (χ1v) is 7.31. The fraction of sp³-hybridized carbons (Fsp3) is 0.118. The first-order chi connectivity index (χ1) is 11.1. The molecule has 0 radical (unpaired) electrons. The number of hydrogen-bond donors (Lipinski definition) is 2. The van der Waals surface area contributed by atoms with Crippen LogP contribution in [0.5, 0.6) is 0 Å².